The van der Waals surface area contributed by atoms with Gasteiger partial charge >= 0.3 is 6.03 Å². The molecule has 0 radical (unpaired) electrons. The Labute approximate surface area is 162 Å². The summed E-state index contributed by atoms with van der Waals surface area (Å²) in [5.74, 6) is 1.13. The van der Waals surface area contributed by atoms with Crippen molar-refractivity contribution in [1.29, 1.82) is 5.26 Å². The van der Waals surface area contributed by atoms with Crippen LogP contribution in [0.1, 0.15) is 30.2 Å². The summed E-state index contributed by atoms with van der Waals surface area (Å²) in [6, 6.07) is 18.4. The van der Waals surface area contributed by atoms with Gasteiger partial charge in [0.1, 0.15) is 0 Å². The van der Waals surface area contributed by atoms with Crippen molar-refractivity contribution in [2.45, 2.75) is 18.8 Å². The molecule has 0 saturated carbocycles. The predicted molar refractivity (Wildman–Crippen MR) is 103 cm³/mol. The lowest BCUT2D eigenvalue weighted by molar-refractivity contribution is 0.184. The zero-order valence-corrected chi connectivity index (χ0v) is 15.2. The number of amides is 2. The van der Waals surface area contributed by atoms with E-state index in [-0.39, 0.29) is 11.9 Å². The normalized spacial score (nSPS) is 16.4. The fourth-order valence-corrected chi connectivity index (χ4v) is 3.34. The van der Waals surface area contributed by atoms with Gasteiger partial charge in [0.15, 0.2) is 0 Å². The molecule has 1 atom stereocenters. The SMILES string of the molecule is N#Cc1cccc(NC(=O)N2CCCC(c3nc(-c4ccccc4)no3)C2)c1. The van der Waals surface area contributed by atoms with Crippen LogP contribution in [0.5, 0.6) is 0 Å². The summed E-state index contributed by atoms with van der Waals surface area (Å²) < 4.78 is 5.48. The molecule has 2 amide bonds. The molecule has 7 heteroatoms. The Morgan fingerprint density at radius 1 is 1.21 bits per heavy atom. The van der Waals surface area contributed by atoms with Gasteiger partial charge in [-0.1, -0.05) is 41.6 Å². The minimum atomic E-state index is -0.192. The van der Waals surface area contributed by atoms with Crippen molar-refractivity contribution in [3.63, 3.8) is 0 Å². The summed E-state index contributed by atoms with van der Waals surface area (Å²) in [7, 11) is 0. The number of urea groups is 1. The zero-order chi connectivity index (χ0) is 19.3. The molecule has 140 valence electrons. The van der Waals surface area contributed by atoms with Crippen molar-refractivity contribution >= 4 is 11.7 Å². The average molecular weight is 373 g/mol. The van der Waals surface area contributed by atoms with Gasteiger partial charge in [0.05, 0.1) is 17.6 Å². The van der Waals surface area contributed by atoms with Crippen LogP contribution in [0.15, 0.2) is 59.1 Å². The highest BCUT2D eigenvalue weighted by Crippen LogP contribution is 2.28. The largest absolute Gasteiger partial charge is 0.339 e. The number of carbonyl (C=O) groups excluding carboxylic acids is 1. The number of benzene rings is 2. The van der Waals surface area contributed by atoms with Crippen LogP contribution in [0.3, 0.4) is 0 Å². The molecule has 0 bridgehead atoms. The third-order valence-corrected chi connectivity index (χ3v) is 4.77. The maximum absolute atomic E-state index is 12.6. The Bertz CT molecular complexity index is 1010. The summed E-state index contributed by atoms with van der Waals surface area (Å²) in [4.78, 5) is 18.9. The monoisotopic (exact) mass is 373 g/mol. The van der Waals surface area contributed by atoms with E-state index in [4.69, 9.17) is 9.78 Å². The number of rotatable bonds is 3. The summed E-state index contributed by atoms with van der Waals surface area (Å²) in [5.41, 5.74) is 2.02. The van der Waals surface area contributed by atoms with E-state index in [1.807, 2.05) is 30.3 Å². The molecule has 2 heterocycles. The van der Waals surface area contributed by atoms with Gasteiger partial charge in [0.25, 0.3) is 0 Å². The van der Waals surface area contributed by atoms with Crippen LogP contribution in [0.25, 0.3) is 11.4 Å². The molecule has 1 aromatic heterocycles. The highest BCUT2D eigenvalue weighted by atomic mass is 16.5. The Morgan fingerprint density at radius 3 is 2.89 bits per heavy atom. The number of aromatic nitrogens is 2. The first-order valence-corrected chi connectivity index (χ1v) is 9.18. The smallest absolute Gasteiger partial charge is 0.321 e. The zero-order valence-electron chi connectivity index (χ0n) is 15.2. The van der Waals surface area contributed by atoms with Crippen molar-refractivity contribution in [3.8, 4) is 17.5 Å². The predicted octanol–water partition coefficient (Wildman–Crippen LogP) is 4.02. The van der Waals surface area contributed by atoms with Crippen molar-refractivity contribution in [1.82, 2.24) is 15.0 Å². The molecule has 4 rings (SSSR count). The number of hydrogen-bond donors (Lipinski definition) is 1. The van der Waals surface area contributed by atoms with E-state index < -0.39 is 0 Å². The molecule has 1 unspecified atom stereocenters. The summed E-state index contributed by atoms with van der Waals surface area (Å²) in [6.45, 7) is 1.18. The Morgan fingerprint density at radius 2 is 2.07 bits per heavy atom. The van der Waals surface area contributed by atoms with Gasteiger partial charge in [-0.2, -0.15) is 10.2 Å². The van der Waals surface area contributed by atoms with Gasteiger partial charge in [0, 0.05) is 24.3 Å². The van der Waals surface area contributed by atoms with Crippen molar-refractivity contribution in [3.05, 3.63) is 66.1 Å². The molecule has 1 aliphatic heterocycles. The number of carbonyl (C=O) groups is 1. The maximum atomic E-state index is 12.6. The number of nitrogens with zero attached hydrogens (tertiary/aromatic N) is 4. The van der Waals surface area contributed by atoms with Crippen LogP contribution in [0, 0.1) is 11.3 Å². The van der Waals surface area contributed by atoms with Crippen LogP contribution in [0.2, 0.25) is 0 Å². The highest BCUT2D eigenvalue weighted by Gasteiger charge is 2.28. The second-order valence-corrected chi connectivity index (χ2v) is 6.73. The summed E-state index contributed by atoms with van der Waals surface area (Å²) in [6.07, 6.45) is 1.75. The Balaban J connectivity index is 1.43. The average Bonchev–Trinajstić information content (AvgIpc) is 3.25. The van der Waals surface area contributed by atoms with Gasteiger partial charge in [-0.05, 0) is 31.0 Å². The van der Waals surface area contributed by atoms with Gasteiger partial charge in [-0.15, -0.1) is 0 Å². The lowest BCUT2D eigenvalue weighted by Gasteiger charge is -2.31. The fourth-order valence-electron chi connectivity index (χ4n) is 3.34. The van der Waals surface area contributed by atoms with Crippen molar-refractivity contribution in [2.24, 2.45) is 0 Å². The molecule has 28 heavy (non-hydrogen) atoms. The number of piperidine rings is 1. The number of nitriles is 1. The Kier molecular flexibility index (Phi) is 5.02. The lowest BCUT2D eigenvalue weighted by Crippen LogP contribution is -2.41. The van der Waals surface area contributed by atoms with Crippen molar-refractivity contribution < 1.29 is 9.32 Å². The minimum absolute atomic E-state index is 0.00917. The molecule has 3 aromatic rings. The van der Waals surface area contributed by atoms with E-state index in [0.717, 1.165) is 18.4 Å². The molecular formula is C21H19N5O2. The van der Waals surface area contributed by atoms with E-state index >= 15 is 0 Å². The van der Waals surface area contributed by atoms with Crippen molar-refractivity contribution in [2.75, 3.05) is 18.4 Å². The Hall–Kier alpha value is -3.66. The first kappa shape index (κ1) is 17.7. The first-order chi connectivity index (χ1) is 13.7. The molecule has 1 N–H and O–H groups in total. The number of hydrogen-bond acceptors (Lipinski definition) is 5. The maximum Gasteiger partial charge on any atom is 0.321 e. The molecule has 1 saturated heterocycles. The molecule has 1 fully saturated rings. The molecule has 1 aliphatic rings. The lowest BCUT2D eigenvalue weighted by atomic mass is 9.98. The molecule has 0 spiro atoms. The van der Waals surface area contributed by atoms with Crippen LogP contribution < -0.4 is 5.32 Å². The number of nitrogens with one attached hydrogen (secondary N) is 1. The van der Waals surface area contributed by atoms with Crippen LogP contribution in [0.4, 0.5) is 10.5 Å². The van der Waals surface area contributed by atoms with E-state index in [1.54, 1.807) is 29.2 Å². The van der Waals surface area contributed by atoms with Gasteiger partial charge in [0.2, 0.25) is 11.7 Å². The molecule has 2 aromatic carbocycles. The summed E-state index contributed by atoms with van der Waals surface area (Å²) >= 11 is 0. The van der Waals surface area contributed by atoms with Crippen LogP contribution in [-0.4, -0.2) is 34.2 Å². The van der Waals surface area contributed by atoms with E-state index in [1.165, 1.54) is 0 Å². The second-order valence-electron chi connectivity index (χ2n) is 6.73. The second kappa shape index (κ2) is 7.92. The fraction of sp³-hybridized carbons (Fsp3) is 0.238. The molecule has 0 aliphatic carbocycles. The van der Waals surface area contributed by atoms with Gasteiger partial charge < -0.3 is 14.7 Å². The topological polar surface area (TPSA) is 95.1 Å². The van der Waals surface area contributed by atoms with E-state index in [2.05, 4.69) is 21.5 Å². The molecular weight excluding hydrogens is 354 g/mol. The number of likely N-dealkylation sites (tertiary alicyclic amines) is 1. The first-order valence-electron chi connectivity index (χ1n) is 9.18. The van der Waals surface area contributed by atoms with E-state index in [9.17, 15) is 4.79 Å². The summed E-state index contributed by atoms with van der Waals surface area (Å²) in [5, 5.41) is 15.9. The standard InChI is InChI=1S/C21H19N5O2/c22-13-15-6-4-10-18(12-15)23-21(27)26-11-5-9-17(14-26)20-24-19(25-28-20)16-7-2-1-3-8-16/h1-4,6-8,10,12,17H,5,9,11,14H2,(H,23,27). The highest BCUT2D eigenvalue weighted by molar-refractivity contribution is 5.89. The van der Waals surface area contributed by atoms with Crippen LogP contribution in [-0.2, 0) is 0 Å². The van der Waals surface area contributed by atoms with E-state index in [0.29, 0.717) is 36.1 Å². The third-order valence-electron chi connectivity index (χ3n) is 4.77. The third kappa shape index (κ3) is 3.86. The minimum Gasteiger partial charge on any atom is -0.339 e. The van der Waals surface area contributed by atoms with Gasteiger partial charge in [-0.3, -0.25) is 0 Å². The van der Waals surface area contributed by atoms with Gasteiger partial charge in [-0.25, -0.2) is 4.79 Å². The molecule has 7 nitrogen and oxygen atoms in total. The quantitative estimate of drug-likeness (QED) is 0.748. The number of anilines is 1. The van der Waals surface area contributed by atoms with Crippen LogP contribution >= 0.6 is 0 Å².